The van der Waals surface area contributed by atoms with Crippen molar-refractivity contribution in [3.63, 3.8) is 0 Å². The lowest BCUT2D eigenvalue weighted by molar-refractivity contribution is -0.118. The van der Waals surface area contributed by atoms with Crippen molar-refractivity contribution in [2.75, 3.05) is 23.3 Å². The van der Waals surface area contributed by atoms with Gasteiger partial charge < -0.3 is 5.32 Å². The fourth-order valence-electron chi connectivity index (χ4n) is 3.28. The van der Waals surface area contributed by atoms with Gasteiger partial charge in [-0.2, -0.15) is 5.26 Å². The van der Waals surface area contributed by atoms with E-state index in [0.29, 0.717) is 12.3 Å². The van der Waals surface area contributed by atoms with E-state index in [2.05, 4.69) is 49.5 Å². The molecule has 1 aliphatic heterocycles. The highest BCUT2D eigenvalue weighted by Gasteiger charge is 2.17. The molecule has 2 aromatic rings. The van der Waals surface area contributed by atoms with Crippen LogP contribution in [0, 0.1) is 17.2 Å². The van der Waals surface area contributed by atoms with Gasteiger partial charge in [0.05, 0.1) is 6.07 Å². The molecular weight excluding hydrogens is 322 g/mol. The van der Waals surface area contributed by atoms with Crippen molar-refractivity contribution < 1.29 is 4.79 Å². The Kier molecular flexibility index (Phi) is 5.58. The molecule has 1 amide bonds. The molecule has 1 aliphatic rings. The van der Waals surface area contributed by atoms with E-state index >= 15 is 0 Å². The van der Waals surface area contributed by atoms with Crippen LogP contribution < -0.4 is 10.2 Å². The van der Waals surface area contributed by atoms with E-state index in [0.717, 1.165) is 36.2 Å². The summed E-state index contributed by atoms with van der Waals surface area (Å²) < 4.78 is 0. The van der Waals surface area contributed by atoms with Gasteiger partial charge >= 0.3 is 0 Å². The summed E-state index contributed by atoms with van der Waals surface area (Å²) in [4.78, 5) is 14.2. The van der Waals surface area contributed by atoms with E-state index in [1.54, 1.807) is 4.90 Å². The van der Waals surface area contributed by atoms with Gasteiger partial charge in [-0.3, -0.25) is 9.69 Å². The van der Waals surface area contributed by atoms with Gasteiger partial charge in [-0.05, 0) is 59.7 Å². The van der Waals surface area contributed by atoms with Crippen LogP contribution in [0.2, 0.25) is 0 Å². The first kappa shape index (κ1) is 18.0. The van der Waals surface area contributed by atoms with Crippen LogP contribution in [0.5, 0.6) is 0 Å². The summed E-state index contributed by atoms with van der Waals surface area (Å²) in [6, 6.07) is 16.5. The van der Waals surface area contributed by atoms with Crippen molar-refractivity contribution >= 4 is 17.3 Å². The maximum absolute atomic E-state index is 12.6. The maximum Gasteiger partial charge on any atom is 0.227 e. The molecule has 0 atom stereocenters. The average molecular weight is 347 g/mol. The zero-order chi connectivity index (χ0) is 18.5. The highest BCUT2D eigenvalue weighted by Crippen LogP contribution is 2.30. The fraction of sp³-hybridized carbons (Fsp3) is 0.364. The molecule has 0 fully saturated rings. The minimum absolute atomic E-state index is 0.00977. The minimum Gasteiger partial charge on any atom is -0.384 e. The summed E-state index contributed by atoms with van der Waals surface area (Å²) in [6.45, 7) is 5.27. The molecule has 1 N–H and O–H groups in total. The van der Waals surface area contributed by atoms with Crippen LogP contribution in [-0.2, 0) is 11.2 Å². The number of rotatable bonds is 6. The molecule has 3 rings (SSSR count). The molecule has 4 nitrogen and oxygen atoms in total. The van der Waals surface area contributed by atoms with Gasteiger partial charge in [0.2, 0.25) is 5.91 Å². The molecular formula is C22H25N3O. The van der Waals surface area contributed by atoms with Gasteiger partial charge in [-0.1, -0.05) is 32.0 Å². The Morgan fingerprint density at radius 1 is 1.23 bits per heavy atom. The smallest absolute Gasteiger partial charge is 0.227 e. The summed E-state index contributed by atoms with van der Waals surface area (Å²) in [6.07, 6.45) is 2.34. The Labute approximate surface area is 155 Å². The van der Waals surface area contributed by atoms with Gasteiger partial charge in [0, 0.05) is 24.3 Å². The van der Waals surface area contributed by atoms with Gasteiger partial charge in [0.15, 0.2) is 0 Å². The van der Waals surface area contributed by atoms with E-state index < -0.39 is 0 Å². The lowest BCUT2D eigenvalue weighted by Crippen LogP contribution is -2.31. The molecule has 0 unspecified atom stereocenters. The second kappa shape index (κ2) is 8.05. The highest BCUT2D eigenvalue weighted by molar-refractivity contribution is 5.94. The van der Waals surface area contributed by atoms with Crippen molar-refractivity contribution in [1.29, 1.82) is 5.26 Å². The van der Waals surface area contributed by atoms with Crippen molar-refractivity contribution in [3.8, 4) is 17.2 Å². The summed E-state index contributed by atoms with van der Waals surface area (Å²) in [7, 11) is 0. The molecule has 1 heterocycles. The van der Waals surface area contributed by atoms with Gasteiger partial charge in [0.25, 0.3) is 0 Å². The average Bonchev–Trinajstić information content (AvgIpc) is 3.12. The molecule has 4 heteroatoms. The Balaban J connectivity index is 1.86. The largest absolute Gasteiger partial charge is 0.384 e. The number of nitrogens with zero attached hydrogens (tertiary/aromatic N) is 2. The SMILES string of the molecule is CC(C)CCC(=O)N(CC#N)c1cccc(-c2ccc3c(c2)CCN3)c1. The van der Waals surface area contributed by atoms with Crippen LogP contribution in [0.3, 0.4) is 0 Å². The maximum atomic E-state index is 12.6. The van der Waals surface area contributed by atoms with Crippen LogP contribution in [0.15, 0.2) is 42.5 Å². The Bertz CT molecular complexity index is 836. The predicted molar refractivity (Wildman–Crippen MR) is 106 cm³/mol. The van der Waals surface area contributed by atoms with Crippen LogP contribution >= 0.6 is 0 Å². The number of carbonyl (C=O) groups is 1. The number of carbonyl (C=O) groups excluding carboxylic acids is 1. The van der Waals surface area contributed by atoms with Crippen LogP contribution in [0.4, 0.5) is 11.4 Å². The van der Waals surface area contributed by atoms with E-state index in [1.807, 2.05) is 18.2 Å². The number of hydrogen-bond acceptors (Lipinski definition) is 3. The summed E-state index contributed by atoms with van der Waals surface area (Å²) >= 11 is 0. The third-order valence-electron chi connectivity index (χ3n) is 4.77. The van der Waals surface area contributed by atoms with E-state index in [4.69, 9.17) is 5.26 Å². The molecule has 0 spiro atoms. The summed E-state index contributed by atoms with van der Waals surface area (Å²) in [5, 5.41) is 12.5. The molecule has 2 aromatic carbocycles. The zero-order valence-corrected chi connectivity index (χ0v) is 15.5. The molecule has 0 aliphatic carbocycles. The topological polar surface area (TPSA) is 56.1 Å². The quantitative estimate of drug-likeness (QED) is 0.776. The van der Waals surface area contributed by atoms with Crippen molar-refractivity contribution in [3.05, 3.63) is 48.0 Å². The van der Waals surface area contributed by atoms with E-state index in [1.165, 1.54) is 11.3 Å². The predicted octanol–water partition coefficient (Wildman–Crippen LogP) is 4.61. The minimum atomic E-state index is 0.00977. The third kappa shape index (κ3) is 4.05. The molecule has 0 bridgehead atoms. The van der Waals surface area contributed by atoms with Crippen LogP contribution in [-0.4, -0.2) is 19.0 Å². The Hall–Kier alpha value is -2.80. The second-order valence-corrected chi connectivity index (χ2v) is 7.17. The molecule has 134 valence electrons. The first-order chi connectivity index (χ1) is 12.6. The van der Waals surface area contributed by atoms with Crippen LogP contribution in [0.1, 0.15) is 32.3 Å². The Morgan fingerprint density at radius 3 is 2.81 bits per heavy atom. The number of anilines is 2. The van der Waals surface area contributed by atoms with Gasteiger partial charge in [-0.15, -0.1) is 0 Å². The number of hydrogen-bond donors (Lipinski definition) is 1. The first-order valence-corrected chi connectivity index (χ1v) is 9.23. The van der Waals surface area contributed by atoms with Crippen LogP contribution in [0.25, 0.3) is 11.1 Å². The Morgan fingerprint density at radius 2 is 2.04 bits per heavy atom. The van der Waals surface area contributed by atoms with Gasteiger partial charge in [-0.25, -0.2) is 0 Å². The number of fused-ring (bicyclic) bond motifs is 1. The van der Waals surface area contributed by atoms with Crippen molar-refractivity contribution in [1.82, 2.24) is 0 Å². The van der Waals surface area contributed by atoms with E-state index in [9.17, 15) is 4.79 Å². The fourth-order valence-corrected chi connectivity index (χ4v) is 3.28. The molecule has 26 heavy (non-hydrogen) atoms. The van der Waals surface area contributed by atoms with Gasteiger partial charge in [0.1, 0.15) is 6.54 Å². The first-order valence-electron chi connectivity index (χ1n) is 9.23. The van der Waals surface area contributed by atoms with Crippen molar-refractivity contribution in [2.24, 2.45) is 5.92 Å². The number of benzene rings is 2. The second-order valence-electron chi connectivity index (χ2n) is 7.17. The van der Waals surface area contributed by atoms with Crippen molar-refractivity contribution in [2.45, 2.75) is 33.1 Å². The molecule has 0 saturated heterocycles. The third-order valence-corrected chi connectivity index (χ3v) is 4.77. The number of nitrogens with one attached hydrogen (secondary N) is 1. The lowest BCUT2D eigenvalue weighted by atomic mass is 10.0. The lowest BCUT2D eigenvalue weighted by Gasteiger charge is -2.21. The summed E-state index contributed by atoms with van der Waals surface area (Å²) in [5.41, 5.74) is 5.53. The molecule has 0 aromatic heterocycles. The number of nitriles is 1. The summed E-state index contributed by atoms with van der Waals surface area (Å²) in [5.74, 6) is 0.477. The standard InChI is InChI=1S/C22H25N3O/c1-16(2)6-9-22(26)25(13-11-23)20-5-3-4-17(15-20)18-7-8-21-19(14-18)10-12-24-21/h3-5,7-8,14-16,24H,6,9-10,12-13H2,1-2H3. The van der Waals surface area contributed by atoms with E-state index in [-0.39, 0.29) is 12.5 Å². The monoisotopic (exact) mass is 347 g/mol. The molecule has 0 radical (unpaired) electrons. The zero-order valence-electron chi connectivity index (χ0n) is 15.5. The normalized spacial score (nSPS) is 12.4. The number of amides is 1. The molecule has 0 saturated carbocycles. The highest BCUT2D eigenvalue weighted by atomic mass is 16.2.